The van der Waals surface area contributed by atoms with E-state index in [9.17, 15) is 13.2 Å². The summed E-state index contributed by atoms with van der Waals surface area (Å²) in [5.41, 5.74) is 1.08. The van der Waals surface area contributed by atoms with E-state index in [0.29, 0.717) is 68.0 Å². The van der Waals surface area contributed by atoms with Crippen LogP contribution in [-0.2, 0) is 34.3 Å². The Hall–Kier alpha value is -2.60. The molecule has 1 fully saturated rings. The van der Waals surface area contributed by atoms with E-state index in [1.54, 1.807) is 29.5 Å². The van der Waals surface area contributed by atoms with Crippen molar-refractivity contribution in [2.45, 2.75) is 30.1 Å². The number of thiophene rings is 1. The summed E-state index contributed by atoms with van der Waals surface area (Å²) in [7, 11) is -1.63. The van der Waals surface area contributed by atoms with Gasteiger partial charge in [0.05, 0.1) is 6.54 Å². The maximum absolute atomic E-state index is 12.6. The molecule has 0 aliphatic carbocycles. The number of hydrogen-bond acceptors (Lipinski definition) is 8. The number of aryl methyl sites for hydroxylation is 1. The first kappa shape index (κ1) is 23.6. The lowest BCUT2D eigenvalue weighted by molar-refractivity contribution is -0.130. The minimum Gasteiger partial charge on any atom is -0.341 e. The van der Waals surface area contributed by atoms with Crippen LogP contribution in [0.3, 0.4) is 0 Å². The summed E-state index contributed by atoms with van der Waals surface area (Å²) in [5.74, 6) is 0.997. The summed E-state index contributed by atoms with van der Waals surface area (Å²) >= 11 is 1.24. The van der Waals surface area contributed by atoms with Gasteiger partial charge in [-0.2, -0.15) is 9.29 Å². The van der Waals surface area contributed by atoms with Gasteiger partial charge in [0, 0.05) is 52.6 Å². The molecule has 0 spiro atoms. The number of sulfonamides is 1. The second-order valence-electron chi connectivity index (χ2n) is 7.95. The van der Waals surface area contributed by atoms with Gasteiger partial charge in [0.1, 0.15) is 4.21 Å². The lowest BCUT2D eigenvalue weighted by Crippen LogP contribution is -2.48. The van der Waals surface area contributed by atoms with Crippen molar-refractivity contribution in [3.05, 3.63) is 65.1 Å². The second kappa shape index (κ2) is 10.6. The van der Waals surface area contributed by atoms with Gasteiger partial charge >= 0.3 is 0 Å². The number of carbonyl (C=O) groups is 1. The Morgan fingerprint density at radius 3 is 2.58 bits per heavy atom. The van der Waals surface area contributed by atoms with Gasteiger partial charge in [-0.05, 0) is 17.0 Å². The lowest BCUT2D eigenvalue weighted by Gasteiger charge is -2.32. The molecule has 0 saturated carbocycles. The first-order valence-electron chi connectivity index (χ1n) is 10.8. The van der Waals surface area contributed by atoms with Gasteiger partial charge in [-0.25, -0.2) is 8.42 Å². The standard InChI is InChI=1S/C22H27N5O4S2/c1-25(16-18-6-3-2-4-7-18)21(28)10-9-20-23-19(24-31-20)17-26-11-13-27(14-12-26)33(29,30)22-8-5-15-32-22/h2-8,15H,9-14,16-17H2,1H3. The molecule has 4 rings (SSSR count). The number of amides is 1. The molecule has 1 amide bonds. The number of aromatic nitrogens is 2. The third-order valence-corrected chi connectivity index (χ3v) is 8.81. The zero-order valence-electron chi connectivity index (χ0n) is 18.5. The molecule has 33 heavy (non-hydrogen) atoms. The van der Waals surface area contributed by atoms with Crippen molar-refractivity contribution in [2.75, 3.05) is 33.2 Å². The molecular weight excluding hydrogens is 462 g/mol. The van der Waals surface area contributed by atoms with E-state index in [1.807, 2.05) is 30.3 Å². The zero-order chi connectivity index (χ0) is 23.3. The third kappa shape index (κ3) is 6.05. The Balaban J connectivity index is 1.22. The molecule has 11 heteroatoms. The van der Waals surface area contributed by atoms with Gasteiger partial charge in [-0.15, -0.1) is 11.3 Å². The van der Waals surface area contributed by atoms with Crippen molar-refractivity contribution in [2.24, 2.45) is 0 Å². The van der Waals surface area contributed by atoms with Gasteiger partial charge in [0.15, 0.2) is 5.82 Å². The summed E-state index contributed by atoms with van der Waals surface area (Å²) in [6.07, 6.45) is 0.683. The second-order valence-corrected chi connectivity index (χ2v) is 11.1. The number of piperazine rings is 1. The quantitative estimate of drug-likeness (QED) is 0.454. The molecule has 2 aromatic heterocycles. The van der Waals surface area contributed by atoms with E-state index in [2.05, 4.69) is 15.0 Å². The van der Waals surface area contributed by atoms with Crippen molar-refractivity contribution in [1.29, 1.82) is 0 Å². The summed E-state index contributed by atoms with van der Waals surface area (Å²) in [6.45, 7) is 3.08. The molecule has 9 nitrogen and oxygen atoms in total. The SMILES string of the molecule is CN(Cc1ccccc1)C(=O)CCc1nc(CN2CCN(S(=O)(=O)c3cccs3)CC2)no1. The van der Waals surface area contributed by atoms with Gasteiger partial charge < -0.3 is 9.42 Å². The Labute approximate surface area is 197 Å². The van der Waals surface area contributed by atoms with Crippen molar-refractivity contribution >= 4 is 27.3 Å². The summed E-state index contributed by atoms with van der Waals surface area (Å²) in [5, 5.41) is 5.80. The predicted molar refractivity (Wildman–Crippen MR) is 124 cm³/mol. The maximum atomic E-state index is 12.6. The molecule has 0 radical (unpaired) electrons. The average Bonchev–Trinajstić information content (AvgIpc) is 3.51. The molecule has 3 heterocycles. The monoisotopic (exact) mass is 489 g/mol. The van der Waals surface area contributed by atoms with E-state index >= 15 is 0 Å². The van der Waals surface area contributed by atoms with Gasteiger partial charge in [-0.3, -0.25) is 9.69 Å². The molecule has 176 valence electrons. The predicted octanol–water partition coefficient (Wildman–Crippen LogP) is 2.23. The first-order valence-corrected chi connectivity index (χ1v) is 13.1. The van der Waals surface area contributed by atoms with Crippen LogP contribution in [0, 0.1) is 0 Å². The maximum Gasteiger partial charge on any atom is 0.252 e. The van der Waals surface area contributed by atoms with Crippen LogP contribution in [0.25, 0.3) is 0 Å². The van der Waals surface area contributed by atoms with Crippen LogP contribution in [0.1, 0.15) is 23.7 Å². The summed E-state index contributed by atoms with van der Waals surface area (Å²) in [6, 6.07) is 13.2. The number of hydrogen-bond donors (Lipinski definition) is 0. The van der Waals surface area contributed by atoms with E-state index in [4.69, 9.17) is 4.52 Å². The smallest absolute Gasteiger partial charge is 0.252 e. The van der Waals surface area contributed by atoms with Crippen LogP contribution in [0.2, 0.25) is 0 Å². The van der Waals surface area contributed by atoms with E-state index in [0.717, 1.165) is 5.56 Å². The summed E-state index contributed by atoms with van der Waals surface area (Å²) in [4.78, 5) is 20.6. The van der Waals surface area contributed by atoms with Crippen molar-refractivity contribution in [3.8, 4) is 0 Å². The first-order chi connectivity index (χ1) is 15.9. The van der Waals surface area contributed by atoms with Crippen molar-refractivity contribution in [3.63, 3.8) is 0 Å². The fraction of sp³-hybridized carbons (Fsp3) is 0.409. The number of rotatable bonds is 9. The van der Waals surface area contributed by atoms with Gasteiger partial charge in [0.2, 0.25) is 11.8 Å². The zero-order valence-corrected chi connectivity index (χ0v) is 20.1. The Morgan fingerprint density at radius 1 is 1.12 bits per heavy atom. The minimum atomic E-state index is -3.41. The van der Waals surface area contributed by atoms with E-state index in [1.165, 1.54) is 15.6 Å². The Kier molecular flexibility index (Phi) is 7.53. The van der Waals surface area contributed by atoms with E-state index < -0.39 is 10.0 Å². The third-order valence-electron chi connectivity index (χ3n) is 5.54. The highest BCUT2D eigenvalue weighted by atomic mass is 32.2. The molecule has 0 atom stereocenters. The lowest BCUT2D eigenvalue weighted by atomic mass is 10.2. The molecule has 1 aromatic carbocycles. The molecule has 0 unspecified atom stereocenters. The number of nitrogens with zero attached hydrogens (tertiary/aromatic N) is 5. The molecular formula is C22H27N5O4S2. The topological polar surface area (TPSA) is 99.9 Å². The van der Waals surface area contributed by atoms with Crippen LogP contribution in [0.5, 0.6) is 0 Å². The van der Waals surface area contributed by atoms with E-state index in [-0.39, 0.29) is 5.91 Å². The van der Waals surface area contributed by atoms with Crippen molar-refractivity contribution in [1.82, 2.24) is 24.2 Å². The van der Waals surface area contributed by atoms with Gasteiger partial charge in [0.25, 0.3) is 10.0 Å². The fourth-order valence-electron chi connectivity index (χ4n) is 3.67. The molecule has 0 N–H and O–H groups in total. The van der Waals surface area contributed by atoms with Crippen LogP contribution in [0.4, 0.5) is 0 Å². The van der Waals surface area contributed by atoms with Gasteiger partial charge in [-0.1, -0.05) is 41.6 Å². The van der Waals surface area contributed by atoms with Crippen LogP contribution < -0.4 is 0 Å². The average molecular weight is 490 g/mol. The van der Waals surface area contributed by atoms with Crippen LogP contribution >= 0.6 is 11.3 Å². The molecule has 1 aliphatic rings. The number of carbonyl (C=O) groups excluding carboxylic acids is 1. The highest BCUT2D eigenvalue weighted by Crippen LogP contribution is 2.22. The molecule has 1 aliphatic heterocycles. The fourth-order valence-corrected chi connectivity index (χ4v) is 6.24. The molecule has 3 aromatic rings. The van der Waals surface area contributed by atoms with Crippen LogP contribution in [-0.4, -0.2) is 71.8 Å². The Morgan fingerprint density at radius 2 is 1.88 bits per heavy atom. The summed E-state index contributed by atoms with van der Waals surface area (Å²) < 4.78 is 32.5. The van der Waals surface area contributed by atoms with Crippen molar-refractivity contribution < 1.29 is 17.7 Å². The molecule has 1 saturated heterocycles. The number of benzene rings is 1. The minimum absolute atomic E-state index is 0.0154. The normalized spacial score (nSPS) is 15.5. The largest absolute Gasteiger partial charge is 0.341 e. The Bertz CT molecular complexity index is 1140. The highest BCUT2D eigenvalue weighted by molar-refractivity contribution is 7.91. The van der Waals surface area contributed by atoms with Crippen LogP contribution in [0.15, 0.2) is 56.6 Å². The highest BCUT2D eigenvalue weighted by Gasteiger charge is 2.29. The molecule has 0 bridgehead atoms.